The summed E-state index contributed by atoms with van der Waals surface area (Å²) in [6.45, 7) is 15.4. The second-order valence-electron chi connectivity index (χ2n) is 7.46. The van der Waals surface area contributed by atoms with Crippen LogP contribution >= 0.6 is 0 Å². The third-order valence-corrected chi connectivity index (χ3v) is 4.84. The van der Waals surface area contributed by atoms with Crippen molar-refractivity contribution in [2.45, 2.75) is 78.9 Å². The van der Waals surface area contributed by atoms with Crippen LogP contribution in [0.3, 0.4) is 0 Å². The van der Waals surface area contributed by atoms with Gasteiger partial charge in [-0.05, 0) is 57.9 Å². The highest BCUT2D eigenvalue weighted by atomic mass is 15.2. The van der Waals surface area contributed by atoms with Crippen molar-refractivity contribution in [1.29, 1.82) is 0 Å². The van der Waals surface area contributed by atoms with Gasteiger partial charge in [0, 0.05) is 24.7 Å². The normalized spacial score (nSPS) is 28.9. The molecule has 1 fully saturated rings. The smallest absolute Gasteiger partial charge is 0.0254 e. The molecule has 1 saturated carbocycles. The van der Waals surface area contributed by atoms with E-state index in [9.17, 15) is 0 Å². The van der Waals surface area contributed by atoms with E-state index in [1.54, 1.807) is 0 Å². The second kappa shape index (κ2) is 7.64. The molecule has 0 amide bonds. The van der Waals surface area contributed by atoms with Gasteiger partial charge < -0.3 is 5.32 Å². The zero-order valence-corrected chi connectivity index (χ0v) is 14.2. The Morgan fingerprint density at radius 3 is 2.11 bits per heavy atom. The Morgan fingerprint density at radius 2 is 1.68 bits per heavy atom. The molecular weight excluding hydrogens is 232 g/mol. The third-order valence-electron chi connectivity index (χ3n) is 4.84. The first-order valence-corrected chi connectivity index (χ1v) is 8.29. The van der Waals surface area contributed by atoms with Crippen LogP contribution in [0.1, 0.15) is 60.8 Å². The molecule has 0 spiro atoms. The van der Waals surface area contributed by atoms with Gasteiger partial charge in [-0.1, -0.05) is 27.7 Å². The van der Waals surface area contributed by atoms with Gasteiger partial charge in [-0.15, -0.1) is 0 Å². The number of rotatable bonds is 6. The molecule has 0 radical (unpaired) electrons. The molecule has 0 saturated heterocycles. The molecule has 114 valence electrons. The average Bonchev–Trinajstić information content (AvgIpc) is 2.34. The van der Waals surface area contributed by atoms with E-state index in [1.165, 1.54) is 25.8 Å². The van der Waals surface area contributed by atoms with E-state index in [0.29, 0.717) is 18.1 Å². The summed E-state index contributed by atoms with van der Waals surface area (Å²) in [6, 6.07) is 2.04. The van der Waals surface area contributed by atoms with Crippen LogP contribution in [0.2, 0.25) is 0 Å². The van der Waals surface area contributed by atoms with E-state index in [4.69, 9.17) is 0 Å². The first kappa shape index (κ1) is 17.0. The zero-order valence-electron chi connectivity index (χ0n) is 14.2. The van der Waals surface area contributed by atoms with Crippen LogP contribution in [0.25, 0.3) is 0 Å². The van der Waals surface area contributed by atoms with Crippen LogP contribution in [0.4, 0.5) is 0 Å². The number of hydrogen-bond acceptors (Lipinski definition) is 2. The van der Waals surface area contributed by atoms with Gasteiger partial charge in [-0.3, -0.25) is 4.90 Å². The molecule has 1 N–H and O–H groups in total. The van der Waals surface area contributed by atoms with Gasteiger partial charge in [-0.2, -0.15) is 0 Å². The summed E-state index contributed by atoms with van der Waals surface area (Å²) in [5.74, 6) is 2.48. The van der Waals surface area contributed by atoms with Gasteiger partial charge in [-0.25, -0.2) is 0 Å². The molecule has 0 bridgehead atoms. The minimum absolute atomic E-state index is 0.647. The fourth-order valence-corrected chi connectivity index (χ4v) is 3.64. The molecule has 0 aromatic carbocycles. The van der Waals surface area contributed by atoms with Crippen LogP contribution in [-0.2, 0) is 0 Å². The third kappa shape index (κ3) is 4.75. The number of nitrogens with zero attached hydrogens (tertiary/aromatic N) is 1. The van der Waals surface area contributed by atoms with E-state index in [0.717, 1.165) is 17.8 Å². The molecule has 1 aliphatic rings. The van der Waals surface area contributed by atoms with Crippen molar-refractivity contribution in [2.24, 2.45) is 17.8 Å². The summed E-state index contributed by atoms with van der Waals surface area (Å²) in [6.07, 6.45) is 4.10. The lowest BCUT2D eigenvalue weighted by atomic mass is 9.76. The fourth-order valence-electron chi connectivity index (χ4n) is 3.64. The Morgan fingerprint density at radius 1 is 1.05 bits per heavy atom. The highest BCUT2D eigenvalue weighted by molar-refractivity contribution is 4.92. The van der Waals surface area contributed by atoms with Gasteiger partial charge in [0.1, 0.15) is 0 Å². The van der Waals surface area contributed by atoms with Gasteiger partial charge in [0.15, 0.2) is 0 Å². The first-order valence-electron chi connectivity index (χ1n) is 8.29. The van der Waals surface area contributed by atoms with Gasteiger partial charge in [0.2, 0.25) is 0 Å². The lowest BCUT2D eigenvalue weighted by molar-refractivity contribution is 0.0537. The summed E-state index contributed by atoms with van der Waals surface area (Å²) in [5, 5.41) is 3.58. The van der Waals surface area contributed by atoms with Crippen LogP contribution in [0.5, 0.6) is 0 Å². The standard InChI is InChI=1S/C17H36N2/c1-12(2)11-19(14(5)6)17-10-15(13(3)4)8-9-16(17)18-7/h12-18H,8-11H2,1-7H3. The van der Waals surface area contributed by atoms with Crippen LogP contribution in [0, 0.1) is 17.8 Å². The quantitative estimate of drug-likeness (QED) is 0.789. The van der Waals surface area contributed by atoms with E-state index in [2.05, 4.69) is 58.8 Å². The maximum atomic E-state index is 3.58. The van der Waals surface area contributed by atoms with Crippen LogP contribution < -0.4 is 5.32 Å². The predicted octanol–water partition coefficient (Wildman–Crippen LogP) is 3.77. The van der Waals surface area contributed by atoms with E-state index in [-0.39, 0.29) is 0 Å². The molecule has 2 nitrogen and oxygen atoms in total. The lowest BCUT2D eigenvalue weighted by Gasteiger charge is -2.46. The van der Waals surface area contributed by atoms with Gasteiger partial charge >= 0.3 is 0 Å². The predicted molar refractivity (Wildman–Crippen MR) is 85.5 cm³/mol. The number of nitrogens with one attached hydrogen (secondary N) is 1. The number of likely N-dealkylation sites (N-methyl/N-ethyl adjacent to an activating group) is 1. The summed E-state index contributed by atoms with van der Waals surface area (Å²) in [5.41, 5.74) is 0. The Hall–Kier alpha value is -0.0800. The van der Waals surface area contributed by atoms with Crippen molar-refractivity contribution >= 4 is 0 Å². The molecule has 3 atom stereocenters. The van der Waals surface area contributed by atoms with Crippen molar-refractivity contribution in [3.63, 3.8) is 0 Å². The first-order chi connectivity index (χ1) is 8.86. The minimum Gasteiger partial charge on any atom is -0.315 e. The summed E-state index contributed by atoms with van der Waals surface area (Å²) >= 11 is 0. The van der Waals surface area contributed by atoms with Gasteiger partial charge in [0.25, 0.3) is 0 Å². The topological polar surface area (TPSA) is 15.3 Å². The molecule has 1 aliphatic carbocycles. The largest absolute Gasteiger partial charge is 0.315 e. The minimum atomic E-state index is 0.647. The summed E-state index contributed by atoms with van der Waals surface area (Å²) in [4.78, 5) is 2.75. The van der Waals surface area contributed by atoms with Crippen molar-refractivity contribution in [1.82, 2.24) is 10.2 Å². The Labute approximate surface area is 121 Å². The maximum absolute atomic E-state index is 3.58. The Bertz CT molecular complexity index is 248. The van der Waals surface area contributed by atoms with E-state index >= 15 is 0 Å². The lowest BCUT2D eigenvalue weighted by Crippen LogP contribution is -2.55. The maximum Gasteiger partial charge on any atom is 0.0254 e. The number of hydrogen-bond donors (Lipinski definition) is 1. The van der Waals surface area contributed by atoms with E-state index < -0.39 is 0 Å². The average molecular weight is 268 g/mol. The van der Waals surface area contributed by atoms with Crippen molar-refractivity contribution in [3.05, 3.63) is 0 Å². The SMILES string of the molecule is CNC1CCC(C(C)C)CC1N(CC(C)C)C(C)C. The van der Waals surface area contributed by atoms with Crippen molar-refractivity contribution < 1.29 is 0 Å². The highest BCUT2D eigenvalue weighted by Crippen LogP contribution is 2.33. The van der Waals surface area contributed by atoms with Crippen molar-refractivity contribution in [3.8, 4) is 0 Å². The van der Waals surface area contributed by atoms with Gasteiger partial charge in [0.05, 0.1) is 0 Å². The van der Waals surface area contributed by atoms with Crippen LogP contribution in [0.15, 0.2) is 0 Å². The molecule has 1 rings (SSSR count). The molecule has 3 unspecified atom stereocenters. The zero-order chi connectivity index (χ0) is 14.6. The van der Waals surface area contributed by atoms with Crippen molar-refractivity contribution in [2.75, 3.05) is 13.6 Å². The van der Waals surface area contributed by atoms with E-state index in [1.807, 2.05) is 0 Å². The molecule has 2 heteroatoms. The van der Waals surface area contributed by atoms with Crippen LogP contribution in [-0.4, -0.2) is 36.6 Å². The molecule has 0 heterocycles. The monoisotopic (exact) mass is 268 g/mol. The Kier molecular flexibility index (Phi) is 6.82. The summed E-state index contributed by atoms with van der Waals surface area (Å²) < 4.78 is 0. The highest BCUT2D eigenvalue weighted by Gasteiger charge is 2.35. The Balaban J connectivity index is 2.81. The molecule has 0 aromatic heterocycles. The fraction of sp³-hybridized carbons (Fsp3) is 1.00. The molecule has 0 aromatic rings. The summed E-state index contributed by atoms with van der Waals surface area (Å²) in [7, 11) is 2.14. The molecular formula is C17H36N2. The second-order valence-corrected chi connectivity index (χ2v) is 7.46. The molecule has 19 heavy (non-hydrogen) atoms. The molecule has 0 aliphatic heterocycles.